The molecule has 0 unspecified atom stereocenters. The molecule has 2 saturated carbocycles. The fraction of sp³-hybridized carbons (Fsp3) is 0.806. The van der Waals surface area contributed by atoms with Gasteiger partial charge >= 0.3 is 5.97 Å². The summed E-state index contributed by atoms with van der Waals surface area (Å²) in [6.07, 6.45) is -0.0631. The van der Waals surface area contributed by atoms with Crippen LogP contribution >= 0.6 is 0 Å². The van der Waals surface area contributed by atoms with Crippen LogP contribution in [-0.4, -0.2) is 81.9 Å². The van der Waals surface area contributed by atoms with Crippen molar-refractivity contribution in [2.75, 3.05) is 7.11 Å². The summed E-state index contributed by atoms with van der Waals surface area (Å²) in [7, 11) is 1.15. The minimum atomic E-state index is -1.64. The molecule has 1 heterocycles. The highest BCUT2D eigenvalue weighted by Gasteiger charge is 2.61. The largest absolute Gasteiger partial charge is 0.504 e. The highest BCUT2D eigenvalue weighted by atomic mass is 16.7. The second-order valence-electron chi connectivity index (χ2n) is 15.5. The normalized spacial score (nSPS) is 42.1. The van der Waals surface area contributed by atoms with E-state index in [1.54, 1.807) is 0 Å². The summed E-state index contributed by atoms with van der Waals surface area (Å²) in [5.74, 6) is -1.04. The molecule has 1 aliphatic heterocycles. The van der Waals surface area contributed by atoms with Gasteiger partial charge in [0.25, 0.3) is 0 Å². The Morgan fingerprint density at radius 2 is 1.76 bits per heavy atom. The number of ketones is 2. The Morgan fingerprint density at radius 3 is 2.39 bits per heavy atom. The summed E-state index contributed by atoms with van der Waals surface area (Å²) in [5.41, 5.74) is 1.24. The Balaban J connectivity index is 1.31. The molecule has 0 amide bonds. The topological polar surface area (TPSA) is 160 Å². The first-order chi connectivity index (χ1) is 21.6. The lowest BCUT2D eigenvalue weighted by Gasteiger charge is -2.57. The molecule has 10 nitrogen and oxygen atoms in total. The number of methoxy groups -OCH3 is 1. The van der Waals surface area contributed by atoms with Gasteiger partial charge in [0.15, 0.2) is 18.2 Å². The van der Waals surface area contributed by atoms with E-state index in [0.717, 1.165) is 50.4 Å². The molecule has 5 aliphatic rings. The van der Waals surface area contributed by atoms with E-state index < -0.39 is 48.0 Å². The van der Waals surface area contributed by atoms with E-state index in [1.807, 2.05) is 13.8 Å². The van der Waals surface area contributed by atoms with Crippen LogP contribution in [0.4, 0.5) is 0 Å². The van der Waals surface area contributed by atoms with Crippen LogP contribution < -0.4 is 0 Å². The van der Waals surface area contributed by atoms with E-state index >= 15 is 0 Å². The quantitative estimate of drug-likeness (QED) is 0.211. The van der Waals surface area contributed by atoms with E-state index in [2.05, 4.69) is 38.5 Å². The van der Waals surface area contributed by atoms with Crippen LogP contribution in [0, 0.1) is 46.3 Å². The number of aliphatic hydroxyl groups excluding tert-OH is 4. The molecule has 0 aromatic rings. The number of carbonyl (C=O) groups excluding carboxylic acids is 3. The summed E-state index contributed by atoms with van der Waals surface area (Å²) in [5, 5.41) is 42.5. The molecule has 13 atom stereocenters. The Kier molecular flexibility index (Phi) is 10.0. The first kappa shape index (κ1) is 35.2. The highest BCUT2D eigenvalue weighted by molar-refractivity contribution is 6.02. The van der Waals surface area contributed by atoms with E-state index in [9.17, 15) is 34.8 Å². The van der Waals surface area contributed by atoms with Gasteiger partial charge in [-0.15, -0.1) is 0 Å². The second-order valence-corrected chi connectivity index (χ2v) is 15.5. The number of carbonyl (C=O) groups is 3. The SMILES string of the molecule is CC[C@H](C(=O)C[C@@H](C)C1=C(O)C(=O)[C@@H]2C3=CC[C@H]4C[C@@H](O[C@@H]5O[C@H](C(=O)OC)[C@@H](O)[C@H](O)[C@H]5O)CC[C@]4(C)[C@H]3CC[C@]12C)C(C)C. The number of esters is 1. The van der Waals surface area contributed by atoms with E-state index in [-0.39, 0.29) is 58.4 Å². The zero-order valence-corrected chi connectivity index (χ0v) is 28.4. The average Bonchev–Trinajstić information content (AvgIpc) is 3.21. The Labute approximate surface area is 272 Å². The molecular weight excluding hydrogens is 592 g/mol. The standard InChI is InChI=1S/C36H54O10/c1-8-21(17(2)3)24(37)15-18(4)25-27(38)28(39)26-22-10-9-19-16-20(11-13-35(19,5)23(22)12-14-36(25,26)6)45-34-31(42)29(40)30(41)32(46-34)33(43)44-7/h10,17-21,23,26,29-32,34,38,40-42H,8-9,11-16H2,1-7H3/t18-,19+,20+,21+,23+,26+,29+,30+,31-,32+,34-,35+,36-/m1/s1. The monoisotopic (exact) mass is 646 g/mol. The van der Waals surface area contributed by atoms with Gasteiger partial charge in [0.2, 0.25) is 5.78 Å². The Morgan fingerprint density at radius 1 is 1.07 bits per heavy atom. The second kappa shape index (κ2) is 13.1. The number of hydrogen-bond acceptors (Lipinski definition) is 10. The summed E-state index contributed by atoms with van der Waals surface area (Å²) in [6.45, 7) is 12.5. The average molecular weight is 647 g/mol. The molecule has 0 aromatic heterocycles. The van der Waals surface area contributed by atoms with Gasteiger partial charge in [0, 0.05) is 17.8 Å². The van der Waals surface area contributed by atoms with Crippen LogP contribution in [0.3, 0.4) is 0 Å². The van der Waals surface area contributed by atoms with Gasteiger partial charge in [-0.2, -0.15) is 0 Å². The van der Waals surface area contributed by atoms with Crippen molar-refractivity contribution in [2.24, 2.45) is 46.3 Å². The van der Waals surface area contributed by atoms with Crippen molar-refractivity contribution < 1.29 is 49.0 Å². The van der Waals surface area contributed by atoms with Gasteiger partial charge in [-0.3, -0.25) is 9.59 Å². The van der Waals surface area contributed by atoms with Crippen molar-refractivity contribution >= 4 is 17.5 Å². The molecule has 3 fully saturated rings. The van der Waals surface area contributed by atoms with E-state index in [4.69, 9.17) is 9.47 Å². The van der Waals surface area contributed by atoms with Crippen LogP contribution in [0.2, 0.25) is 0 Å². The van der Waals surface area contributed by atoms with Gasteiger partial charge in [-0.25, -0.2) is 4.79 Å². The Bertz CT molecular complexity index is 1270. The molecule has 258 valence electrons. The van der Waals surface area contributed by atoms with Crippen molar-refractivity contribution in [1.29, 1.82) is 0 Å². The van der Waals surface area contributed by atoms with E-state index in [1.165, 1.54) is 0 Å². The maximum absolute atomic E-state index is 13.9. The third-order valence-corrected chi connectivity index (χ3v) is 12.6. The number of rotatable bonds is 9. The van der Waals surface area contributed by atoms with Gasteiger partial charge in [-0.05, 0) is 79.6 Å². The maximum atomic E-state index is 13.9. The maximum Gasteiger partial charge on any atom is 0.337 e. The molecule has 1 saturated heterocycles. The van der Waals surface area contributed by atoms with Gasteiger partial charge in [0.1, 0.15) is 24.1 Å². The molecule has 0 radical (unpaired) electrons. The number of ether oxygens (including phenoxy) is 3. The van der Waals surface area contributed by atoms with Gasteiger partial charge < -0.3 is 34.6 Å². The first-order valence-corrected chi connectivity index (χ1v) is 17.2. The zero-order valence-electron chi connectivity index (χ0n) is 28.4. The highest BCUT2D eigenvalue weighted by Crippen LogP contribution is 2.65. The van der Waals surface area contributed by atoms with Crippen molar-refractivity contribution in [3.8, 4) is 0 Å². The summed E-state index contributed by atoms with van der Waals surface area (Å²) in [6, 6.07) is 0. The lowest BCUT2D eigenvalue weighted by molar-refractivity contribution is -0.309. The van der Waals surface area contributed by atoms with E-state index in [0.29, 0.717) is 19.3 Å². The number of Topliss-reactive ketones (excluding diaryl/α,β-unsaturated/α-hetero) is 2. The van der Waals surface area contributed by atoms with Crippen molar-refractivity contribution in [1.82, 2.24) is 0 Å². The fourth-order valence-electron chi connectivity index (χ4n) is 10.1. The fourth-order valence-corrected chi connectivity index (χ4v) is 10.1. The summed E-state index contributed by atoms with van der Waals surface area (Å²) in [4.78, 5) is 39.2. The molecule has 10 heteroatoms. The molecule has 5 rings (SSSR count). The third kappa shape index (κ3) is 5.70. The molecule has 0 bridgehead atoms. The van der Waals surface area contributed by atoms with Crippen LogP contribution in [0.5, 0.6) is 0 Å². The number of allylic oxidation sites excluding steroid dienone is 4. The van der Waals surface area contributed by atoms with Crippen LogP contribution in [-0.2, 0) is 28.6 Å². The van der Waals surface area contributed by atoms with Crippen molar-refractivity contribution in [3.05, 3.63) is 23.0 Å². The number of fused-ring (bicyclic) bond motifs is 5. The predicted octanol–water partition coefficient (Wildman–Crippen LogP) is 4.19. The van der Waals surface area contributed by atoms with Crippen molar-refractivity contribution in [2.45, 2.75) is 130 Å². The lowest BCUT2D eigenvalue weighted by Crippen LogP contribution is -2.61. The molecule has 0 spiro atoms. The number of aliphatic hydroxyl groups is 4. The van der Waals surface area contributed by atoms with Crippen molar-refractivity contribution in [3.63, 3.8) is 0 Å². The number of hydrogen-bond donors (Lipinski definition) is 4. The minimum absolute atomic E-state index is 0.0300. The van der Waals surface area contributed by atoms with Gasteiger partial charge in [-0.1, -0.05) is 53.2 Å². The lowest BCUT2D eigenvalue weighted by atomic mass is 9.47. The first-order valence-electron chi connectivity index (χ1n) is 17.2. The Hall–Kier alpha value is -2.11. The zero-order chi connectivity index (χ0) is 33.9. The van der Waals surface area contributed by atoms with Crippen LogP contribution in [0.25, 0.3) is 0 Å². The molecule has 46 heavy (non-hydrogen) atoms. The molecule has 4 N–H and O–H groups in total. The van der Waals surface area contributed by atoms with Crippen LogP contribution in [0.1, 0.15) is 92.9 Å². The summed E-state index contributed by atoms with van der Waals surface area (Å²) >= 11 is 0. The minimum Gasteiger partial charge on any atom is -0.504 e. The van der Waals surface area contributed by atoms with Crippen LogP contribution in [0.15, 0.2) is 23.0 Å². The molecular formula is C36H54O10. The summed E-state index contributed by atoms with van der Waals surface area (Å²) < 4.78 is 16.4. The predicted molar refractivity (Wildman–Crippen MR) is 168 cm³/mol. The van der Waals surface area contributed by atoms with Gasteiger partial charge in [0.05, 0.1) is 19.1 Å². The molecule has 0 aromatic carbocycles. The molecule has 4 aliphatic carbocycles. The third-order valence-electron chi connectivity index (χ3n) is 12.6. The smallest absolute Gasteiger partial charge is 0.337 e.